The molecule has 1 rings (SSSR count). The first-order chi connectivity index (χ1) is 6.65. The van der Waals surface area contributed by atoms with Crippen LogP contribution in [-0.2, 0) is 0 Å². The Hall–Kier alpha value is -0.780. The fourth-order valence-electron chi connectivity index (χ4n) is 0.948. The number of methoxy groups -OCH3 is 2. The third-order valence-corrected chi connectivity index (χ3v) is 1.77. The molecule has 6 heteroatoms. The van der Waals surface area contributed by atoms with Crippen LogP contribution in [0, 0.1) is 0 Å². The minimum atomic E-state index is -0.0483. The van der Waals surface area contributed by atoms with Crippen molar-refractivity contribution in [2.75, 3.05) is 19.5 Å². The van der Waals surface area contributed by atoms with E-state index in [4.69, 9.17) is 9.47 Å². The topological polar surface area (TPSA) is 60.5 Å². The molecule has 0 unspecified atom stereocenters. The second-order valence-electron chi connectivity index (χ2n) is 2.62. The third kappa shape index (κ3) is 3.17. The summed E-state index contributed by atoms with van der Waals surface area (Å²) < 4.78 is 9.92. The molecule has 0 aliphatic carbocycles. The van der Waals surface area contributed by atoms with Crippen LogP contribution in [0.15, 0.2) is 12.1 Å². The van der Waals surface area contributed by atoms with E-state index in [0.29, 0.717) is 45.4 Å². The maximum absolute atomic E-state index is 10.8. The number of nitrogens with one attached hydrogen (secondary N) is 1. The summed E-state index contributed by atoms with van der Waals surface area (Å²) in [6, 6.07) is 3.28. The van der Waals surface area contributed by atoms with Gasteiger partial charge in [-0.2, -0.15) is 0 Å². The number of aromatic nitrogens is 1. The predicted octanol–water partition coefficient (Wildman–Crippen LogP) is 0.799. The summed E-state index contributed by atoms with van der Waals surface area (Å²) >= 11 is 0.431. The molecule has 0 aliphatic heterocycles. The van der Waals surface area contributed by atoms with Gasteiger partial charge in [0.05, 0.1) is 0 Å². The SMILES string of the molecule is COc1cc(N[C](=O)[Na])nc(OC)c1. The first-order valence-corrected chi connectivity index (χ1v) is 5.03. The van der Waals surface area contributed by atoms with Crippen molar-refractivity contribution in [2.45, 2.75) is 0 Å². The second-order valence-corrected chi connectivity index (χ2v) is 3.52. The number of carbonyl (C=O) groups is 1. The molecule has 14 heavy (non-hydrogen) atoms. The zero-order valence-electron chi connectivity index (χ0n) is 8.33. The first-order valence-electron chi connectivity index (χ1n) is 4.03. The van der Waals surface area contributed by atoms with Crippen molar-refractivity contribution in [2.24, 2.45) is 0 Å². The molecule has 1 heterocycles. The molecule has 0 radical (unpaired) electrons. The number of carbonyl (C=O) groups excluding carboxylic acids is 1. The van der Waals surface area contributed by atoms with E-state index < -0.39 is 0 Å². The van der Waals surface area contributed by atoms with Crippen LogP contribution in [0.2, 0.25) is 0 Å². The Morgan fingerprint density at radius 1 is 1.43 bits per heavy atom. The van der Waals surface area contributed by atoms with Crippen LogP contribution in [0.1, 0.15) is 0 Å². The van der Waals surface area contributed by atoms with E-state index in [1.54, 1.807) is 19.2 Å². The Balaban J connectivity index is 2.98. The molecular formula is C8H9N2NaO3. The van der Waals surface area contributed by atoms with Crippen LogP contribution >= 0.6 is 0 Å². The number of hydrogen-bond donors (Lipinski definition) is 1. The normalized spacial score (nSPS) is 9.43. The van der Waals surface area contributed by atoms with E-state index in [1.807, 2.05) is 0 Å². The second kappa shape index (κ2) is 5.19. The van der Waals surface area contributed by atoms with Crippen molar-refractivity contribution in [3.63, 3.8) is 0 Å². The van der Waals surface area contributed by atoms with Crippen molar-refractivity contribution in [3.8, 4) is 11.6 Å². The van der Waals surface area contributed by atoms with Crippen LogP contribution in [0.5, 0.6) is 11.6 Å². The van der Waals surface area contributed by atoms with E-state index in [0.717, 1.165) is 0 Å². The van der Waals surface area contributed by atoms with Crippen LogP contribution in [0.4, 0.5) is 10.6 Å². The number of amides is 1. The molecule has 0 fully saturated rings. The molecule has 1 aromatic heterocycles. The molecule has 0 aliphatic rings. The van der Waals surface area contributed by atoms with Gasteiger partial charge in [-0.3, -0.25) is 0 Å². The van der Waals surface area contributed by atoms with E-state index in [2.05, 4.69) is 10.3 Å². The van der Waals surface area contributed by atoms with Crippen molar-refractivity contribution in [1.82, 2.24) is 4.98 Å². The number of hydrogen-bond acceptors (Lipinski definition) is 4. The molecule has 0 atom stereocenters. The molecule has 0 bridgehead atoms. The molecular weight excluding hydrogens is 195 g/mol. The van der Waals surface area contributed by atoms with Gasteiger partial charge in [0, 0.05) is 0 Å². The van der Waals surface area contributed by atoms with E-state index in [1.165, 1.54) is 7.11 Å². The van der Waals surface area contributed by atoms with Gasteiger partial charge < -0.3 is 0 Å². The van der Waals surface area contributed by atoms with Gasteiger partial charge >= 0.3 is 99.5 Å². The fraction of sp³-hybridized carbons (Fsp3) is 0.250. The summed E-state index contributed by atoms with van der Waals surface area (Å²) in [4.78, 5) is 14.9. The Labute approximate surface area is 99.2 Å². The number of anilines is 1. The monoisotopic (exact) mass is 204 g/mol. The standard InChI is InChI=1S/C8H9N2O3.Na/c1-12-6-3-7(9-5-11)10-8(4-6)13-2;/h3-4H,1-2H3,(H,9,10,11);. The summed E-state index contributed by atoms with van der Waals surface area (Å²) in [5, 5.41) is 2.61. The van der Waals surface area contributed by atoms with Crippen LogP contribution in [-0.4, -0.2) is 50.3 Å². The third-order valence-electron chi connectivity index (χ3n) is 1.52. The van der Waals surface area contributed by atoms with E-state index in [9.17, 15) is 4.79 Å². The first kappa shape index (κ1) is 11.3. The van der Waals surface area contributed by atoms with E-state index in [-0.39, 0.29) is 3.16 Å². The molecule has 1 aromatic rings. The van der Waals surface area contributed by atoms with Gasteiger partial charge in [-0.05, 0) is 0 Å². The minimum absolute atomic E-state index is 0.0483. The van der Waals surface area contributed by atoms with Crippen molar-refractivity contribution >= 4 is 36.9 Å². The Morgan fingerprint density at radius 2 is 2.14 bits per heavy atom. The molecule has 0 saturated carbocycles. The average Bonchev–Trinajstić information content (AvgIpc) is 2.16. The number of ether oxygens (including phenoxy) is 2. The predicted molar refractivity (Wildman–Crippen MR) is 52.1 cm³/mol. The summed E-state index contributed by atoms with van der Waals surface area (Å²) in [5.41, 5.74) is 0. The number of nitrogens with zero attached hydrogens (tertiary/aromatic N) is 1. The molecule has 0 spiro atoms. The zero-order chi connectivity index (χ0) is 10.6. The van der Waals surface area contributed by atoms with Gasteiger partial charge in [0.2, 0.25) is 0 Å². The van der Waals surface area contributed by atoms with Gasteiger partial charge in [0.25, 0.3) is 0 Å². The molecule has 0 saturated heterocycles. The summed E-state index contributed by atoms with van der Waals surface area (Å²) in [5.74, 6) is 1.46. The van der Waals surface area contributed by atoms with Crippen molar-refractivity contribution < 1.29 is 14.3 Å². The quantitative estimate of drug-likeness (QED) is 0.740. The Kier molecular flexibility index (Phi) is 4.19. The summed E-state index contributed by atoms with van der Waals surface area (Å²) in [6.45, 7) is 0. The number of pyridine rings is 1. The summed E-state index contributed by atoms with van der Waals surface area (Å²) in [6.07, 6.45) is 0. The molecule has 1 amide bonds. The molecule has 1 N–H and O–H groups in total. The van der Waals surface area contributed by atoms with Gasteiger partial charge in [-0.15, -0.1) is 0 Å². The molecule has 5 nitrogen and oxygen atoms in total. The fourth-order valence-corrected chi connectivity index (χ4v) is 1.20. The van der Waals surface area contributed by atoms with Crippen LogP contribution in [0.25, 0.3) is 0 Å². The number of rotatable bonds is 3. The Morgan fingerprint density at radius 3 is 2.64 bits per heavy atom. The van der Waals surface area contributed by atoms with Crippen LogP contribution in [0.3, 0.4) is 0 Å². The van der Waals surface area contributed by atoms with Gasteiger partial charge in [0.15, 0.2) is 0 Å². The molecule has 0 aromatic carbocycles. The van der Waals surface area contributed by atoms with Gasteiger partial charge in [0.1, 0.15) is 0 Å². The zero-order valence-corrected chi connectivity index (χ0v) is 10.3. The average molecular weight is 204 g/mol. The van der Waals surface area contributed by atoms with Crippen molar-refractivity contribution in [1.29, 1.82) is 0 Å². The summed E-state index contributed by atoms with van der Waals surface area (Å²) in [7, 11) is 3.05. The van der Waals surface area contributed by atoms with Gasteiger partial charge in [-0.1, -0.05) is 0 Å². The van der Waals surface area contributed by atoms with Gasteiger partial charge in [-0.25, -0.2) is 0 Å². The molecule has 70 valence electrons. The van der Waals surface area contributed by atoms with Crippen LogP contribution < -0.4 is 14.8 Å². The maximum atomic E-state index is 10.8. The van der Waals surface area contributed by atoms with Crippen molar-refractivity contribution in [3.05, 3.63) is 12.1 Å². The van der Waals surface area contributed by atoms with E-state index >= 15 is 0 Å². The Bertz CT molecular complexity index is 321.